The lowest BCUT2D eigenvalue weighted by molar-refractivity contribution is -0.384. The van der Waals surface area contributed by atoms with E-state index in [0.717, 1.165) is 5.56 Å². The first-order valence-corrected chi connectivity index (χ1v) is 7.38. The average molecular weight is 343 g/mol. The Morgan fingerprint density at radius 2 is 1.84 bits per heavy atom. The Morgan fingerprint density at radius 3 is 2.40 bits per heavy atom. The summed E-state index contributed by atoms with van der Waals surface area (Å²) in [6, 6.07) is 10.5. The second kappa shape index (κ2) is 7.91. The van der Waals surface area contributed by atoms with Gasteiger partial charge in [-0.1, -0.05) is 0 Å². The number of rotatable bonds is 6. The molecule has 0 aliphatic rings. The van der Waals surface area contributed by atoms with Crippen molar-refractivity contribution in [3.8, 4) is 0 Å². The van der Waals surface area contributed by atoms with Gasteiger partial charge >= 0.3 is 5.97 Å². The van der Waals surface area contributed by atoms with Crippen LogP contribution in [0.1, 0.15) is 15.9 Å². The van der Waals surface area contributed by atoms with E-state index < -0.39 is 10.9 Å². The summed E-state index contributed by atoms with van der Waals surface area (Å²) in [5.41, 5.74) is 2.37. The van der Waals surface area contributed by atoms with Crippen molar-refractivity contribution in [2.75, 3.05) is 24.3 Å². The van der Waals surface area contributed by atoms with Crippen molar-refractivity contribution < 1.29 is 19.2 Å². The van der Waals surface area contributed by atoms with Crippen LogP contribution in [0.3, 0.4) is 0 Å². The molecule has 8 heteroatoms. The van der Waals surface area contributed by atoms with Crippen LogP contribution < -0.4 is 10.6 Å². The molecule has 2 aromatic carbocycles. The molecule has 0 radical (unpaired) electrons. The van der Waals surface area contributed by atoms with Crippen LogP contribution >= 0.6 is 0 Å². The number of nitrogens with one attached hydrogen (secondary N) is 2. The quantitative estimate of drug-likeness (QED) is 0.474. The summed E-state index contributed by atoms with van der Waals surface area (Å²) in [6.07, 6.45) is 0. The minimum atomic E-state index is -0.506. The van der Waals surface area contributed by atoms with Crippen molar-refractivity contribution in [2.45, 2.75) is 6.92 Å². The number of benzene rings is 2. The number of nitro groups is 1. The van der Waals surface area contributed by atoms with Crippen LogP contribution in [0.4, 0.5) is 17.1 Å². The number of nitrogens with zero attached hydrogens (tertiary/aromatic N) is 1. The third-order valence-electron chi connectivity index (χ3n) is 3.45. The predicted octanol–water partition coefficient (Wildman–Crippen LogP) is 2.74. The lowest BCUT2D eigenvalue weighted by atomic mass is 10.1. The standard InChI is InChI=1S/C17H17N3O5/c1-11-9-12(17(22)25-2)3-8-15(11)18-10-16(21)19-13-4-6-14(7-5-13)20(23)24/h3-9,18H,10H2,1-2H3,(H,19,21). The number of hydrogen-bond acceptors (Lipinski definition) is 6. The Balaban J connectivity index is 1.93. The molecule has 0 saturated carbocycles. The molecule has 130 valence electrons. The molecule has 2 aromatic rings. The number of carbonyl (C=O) groups excluding carboxylic acids is 2. The molecule has 0 heterocycles. The van der Waals surface area contributed by atoms with Crippen LogP contribution in [0.5, 0.6) is 0 Å². The topological polar surface area (TPSA) is 111 Å². The number of methoxy groups -OCH3 is 1. The smallest absolute Gasteiger partial charge is 0.337 e. The van der Waals surface area contributed by atoms with Gasteiger partial charge in [0.15, 0.2) is 0 Å². The first-order chi connectivity index (χ1) is 11.9. The zero-order valence-electron chi connectivity index (χ0n) is 13.7. The molecule has 0 aliphatic heterocycles. The van der Waals surface area contributed by atoms with Crippen molar-refractivity contribution in [1.82, 2.24) is 0 Å². The summed E-state index contributed by atoms with van der Waals surface area (Å²) in [7, 11) is 1.31. The normalized spacial score (nSPS) is 10.0. The lowest BCUT2D eigenvalue weighted by Gasteiger charge is -2.11. The summed E-state index contributed by atoms with van der Waals surface area (Å²) in [6.45, 7) is 1.82. The molecule has 0 bridgehead atoms. The van der Waals surface area contributed by atoms with Gasteiger partial charge in [-0.05, 0) is 42.8 Å². The molecule has 2 rings (SSSR count). The predicted molar refractivity (Wildman–Crippen MR) is 92.7 cm³/mol. The molecule has 2 N–H and O–H groups in total. The fraction of sp³-hybridized carbons (Fsp3) is 0.176. The van der Waals surface area contributed by atoms with Crippen LogP contribution in [0.25, 0.3) is 0 Å². The van der Waals surface area contributed by atoms with Crippen molar-refractivity contribution in [3.63, 3.8) is 0 Å². The molecule has 8 nitrogen and oxygen atoms in total. The Bertz CT molecular complexity index is 802. The third-order valence-corrected chi connectivity index (χ3v) is 3.45. The largest absolute Gasteiger partial charge is 0.465 e. The SMILES string of the molecule is COC(=O)c1ccc(NCC(=O)Nc2ccc([N+](=O)[O-])cc2)c(C)c1. The number of amides is 1. The Kier molecular flexibility index (Phi) is 5.67. The van der Waals surface area contributed by atoms with Gasteiger partial charge in [0.1, 0.15) is 0 Å². The number of carbonyl (C=O) groups is 2. The van der Waals surface area contributed by atoms with Gasteiger partial charge in [0.05, 0.1) is 24.1 Å². The highest BCUT2D eigenvalue weighted by Gasteiger charge is 2.09. The van der Waals surface area contributed by atoms with E-state index in [-0.39, 0.29) is 18.1 Å². The monoisotopic (exact) mass is 343 g/mol. The minimum absolute atomic E-state index is 0.00932. The highest BCUT2D eigenvalue weighted by Crippen LogP contribution is 2.18. The summed E-state index contributed by atoms with van der Waals surface area (Å²) in [4.78, 5) is 33.5. The first-order valence-electron chi connectivity index (χ1n) is 7.38. The van der Waals surface area contributed by atoms with Crippen molar-refractivity contribution >= 4 is 28.9 Å². The zero-order valence-corrected chi connectivity index (χ0v) is 13.7. The van der Waals surface area contributed by atoms with E-state index in [1.807, 2.05) is 6.92 Å². The van der Waals surface area contributed by atoms with Crippen LogP contribution in [0.15, 0.2) is 42.5 Å². The molecular formula is C17H17N3O5. The Labute approximate surface area is 144 Å². The second-order valence-corrected chi connectivity index (χ2v) is 5.23. The third kappa shape index (κ3) is 4.77. The van der Waals surface area contributed by atoms with Crippen molar-refractivity contribution in [1.29, 1.82) is 0 Å². The van der Waals surface area contributed by atoms with Crippen molar-refractivity contribution in [3.05, 3.63) is 63.7 Å². The number of nitro benzene ring substituents is 1. The maximum absolute atomic E-state index is 12.0. The van der Waals surface area contributed by atoms with E-state index in [1.165, 1.54) is 31.4 Å². The number of aryl methyl sites for hydroxylation is 1. The highest BCUT2D eigenvalue weighted by molar-refractivity contribution is 5.94. The maximum atomic E-state index is 12.0. The molecule has 0 spiro atoms. The average Bonchev–Trinajstić information content (AvgIpc) is 2.60. The van der Waals surface area contributed by atoms with Crippen molar-refractivity contribution in [2.24, 2.45) is 0 Å². The Hall–Kier alpha value is -3.42. The van der Waals surface area contributed by atoms with Gasteiger partial charge in [0.2, 0.25) is 5.91 Å². The number of ether oxygens (including phenoxy) is 1. The molecule has 0 aromatic heterocycles. The van der Waals surface area contributed by atoms with Gasteiger partial charge in [0, 0.05) is 23.5 Å². The molecule has 0 fully saturated rings. The van der Waals surface area contributed by atoms with E-state index in [9.17, 15) is 19.7 Å². The molecule has 0 unspecified atom stereocenters. The van der Waals surface area contributed by atoms with Crippen LogP contribution in [-0.2, 0) is 9.53 Å². The fourth-order valence-electron chi connectivity index (χ4n) is 2.15. The number of anilines is 2. The molecular weight excluding hydrogens is 326 g/mol. The fourth-order valence-corrected chi connectivity index (χ4v) is 2.15. The second-order valence-electron chi connectivity index (χ2n) is 5.23. The van der Waals surface area contributed by atoms with Crippen LogP contribution in [0, 0.1) is 17.0 Å². The summed E-state index contributed by atoms with van der Waals surface area (Å²) in [5.74, 6) is -0.726. The summed E-state index contributed by atoms with van der Waals surface area (Å²) >= 11 is 0. The number of esters is 1. The van der Waals surface area contributed by atoms with Crippen LogP contribution in [0.2, 0.25) is 0 Å². The molecule has 0 atom stereocenters. The van der Waals surface area contributed by atoms with Gasteiger partial charge in [-0.15, -0.1) is 0 Å². The van der Waals surface area contributed by atoms with E-state index in [1.54, 1.807) is 18.2 Å². The van der Waals surface area contributed by atoms with E-state index >= 15 is 0 Å². The van der Waals surface area contributed by atoms with Gasteiger partial charge < -0.3 is 15.4 Å². The van der Waals surface area contributed by atoms with E-state index in [2.05, 4.69) is 15.4 Å². The van der Waals surface area contributed by atoms with Gasteiger partial charge in [-0.25, -0.2) is 4.79 Å². The molecule has 1 amide bonds. The summed E-state index contributed by atoms with van der Waals surface area (Å²) in [5, 5.41) is 16.2. The maximum Gasteiger partial charge on any atom is 0.337 e. The molecule has 25 heavy (non-hydrogen) atoms. The minimum Gasteiger partial charge on any atom is -0.465 e. The van der Waals surface area contributed by atoms with E-state index in [4.69, 9.17) is 0 Å². The van der Waals surface area contributed by atoms with Gasteiger partial charge in [0.25, 0.3) is 5.69 Å². The van der Waals surface area contributed by atoms with Crippen LogP contribution in [-0.4, -0.2) is 30.5 Å². The lowest BCUT2D eigenvalue weighted by Crippen LogP contribution is -2.22. The highest BCUT2D eigenvalue weighted by atomic mass is 16.6. The van der Waals surface area contributed by atoms with E-state index in [0.29, 0.717) is 16.9 Å². The van der Waals surface area contributed by atoms with Gasteiger partial charge in [-0.3, -0.25) is 14.9 Å². The first kappa shape index (κ1) is 17.9. The Morgan fingerprint density at radius 1 is 1.16 bits per heavy atom. The number of hydrogen-bond donors (Lipinski definition) is 2. The zero-order chi connectivity index (χ0) is 18.4. The molecule has 0 aliphatic carbocycles. The molecule has 0 saturated heterocycles. The number of non-ortho nitro benzene ring substituents is 1. The summed E-state index contributed by atoms with van der Waals surface area (Å²) < 4.78 is 4.65. The van der Waals surface area contributed by atoms with Gasteiger partial charge in [-0.2, -0.15) is 0 Å².